The summed E-state index contributed by atoms with van der Waals surface area (Å²) >= 11 is 0. The van der Waals surface area contributed by atoms with Crippen LogP contribution in [0.5, 0.6) is 11.5 Å². The summed E-state index contributed by atoms with van der Waals surface area (Å²) in [6.07, 6.45) is 10.3. The minimum atomic E-state index is -0.661. The van der Waals surface area contributed by atoms with Crippen LogP contribution in [0, 0.1) is 23.2 Å². The molecule has 2 aromatic rings. The molecule has 0 saturated heterocycles. The second-order valence-corrected chi connectivity index (χ2v) is 10.9. The molecule has 0 radical (unpaired) electrons. The van der Waals surface area contributed by atoms with Crippen molar-refractivity contribution < 1.29 is 19.1 Å². The molecule has 1 heterocycles. The normalized spacial score (nSPS) is 28.3. The number of rotatable bonds is 8. The maximum absolute atomic E-state index is 13.5. The maximum Gasteiger partial charge on any atom is 0.243 e. The fourth-order valence-electron chi connectivity index (χ4n) is 7.02. The third kappa shape index (κ3) is 4.50. The van der Waals surface area contributed by atoms with Gasteiger partial charge < -0.3 is 24.7 Å². The molecule has 6 rings (SSSR count). The molecule has 188 valence electrons. The highest BCUT2D eigenvalue weighted by Gasteiger charge is 2.54. The Bertz CT molecular complexity index is 1050. The fraction of sp³-hybridized carbons (Fsp3) is 0.593. The van der Waals surface area contributed by atoms with Gasteiger partial charge in [-0.2, -0.15) is 0 Å². The summed E-state index contributed by atoms with van der Waals surface area (Å²) in [5.41, 5.74) is 0.492. The predicted molar refractivity (Wildman–Crippen MR) is 131 cm³/mol. The van der Waals surface area contributed by atoms with Crippen LogP contribution in [0.2, 0.25) is 0 Å². The largest absolute Gasteiger partial charge is 0.497 e. The van der Waals surface area contributed by atoms with Crippen LogP contribution in [0.1, 0.15) is 62.9 Å². The van der Waals surface area contributed by atoms with E-state index in [1.807, 2.05) is 29.9 Å². The number of nitrogens with zero attached hydrogens (tertiary/aromatic N) is 2. The Balaban J connectivity index is 1.34. The molecule has 2 atom stereocenters. The molecule has 0 spiro atoms. The average molecular weight is 481 g/mol. The van der Waals surface area contributed by atoms with Gasteiger partial charge in [0, 0.05) is 30.9 Å². The first-order valence-corrected chi connectivity index (χ1v) is 12.6. The van der Waals surface area contributed by atoms with Gasteiger partial charge in [0.1, 0.15) is 29.4 Å². The number of imidazole rings is 1. The number of carbonyl (C=O) groups is 2. The number of hydrogen-bond acceptors (Lipinski definition) is 5. The Kier molecular flexibility index (Phi) is 6.23. The SMILES string of the molecule is COc1cc(OC)cc([C@H](NC(=O)[C@H](C)NC(=O)C23CC4CC(CC(C4)C2)C3)c2nccn2C)c1. The molecule has 4 aliphatic carbocycles. The number of benzene rings is 1. The molecule has 1 aromatic carbocycles. The molecule has 1 aromatic heterocycles. The Hall–Kier alpha value is -3.03. The highest BCUT2D eigenvalue weighted by Crippen LogP contribution is 2.60. The van der Waals surface area contributed by atoms with Crippen LogP contribution in [0.25, 0.3) is 0 Å². The zero-order chi connectivity index (χ0) is 24.7. The number of carbonyl (C=O) groups excluding carboxylic acids is 2. The van der Waals surface area contributed by atoms with Gasteiger partial charge >= 0.3 is 0 Å². The predicted octanol–water partition coefficient (Wildman–Crippen LogP) is 3.36. The lowest BCUT2D eigenvalue weighted by Gasteiger charge is -2.55. The van der Waals surface area contributed by atoms with E-state index in [1.54, 1.807) is 33.4 Å². The van der Waals surface area contributed by atoms with E-state index >= 15 is 0 Å². The van der Waals surface area contributed by atoms with E-state index in [4.69, 9.17) is 9.47 Å². The summed E-state index contributed by atoms with van der Waals surface area (Å²) < 4.78 is 12.8. The van der Waals surface area contributed by atoms with Crippen molar-refractivity contribution in [2.75, 3.05) is 14.2 Å². The smallest absolute Gasteiger partial charge is 0.243 e. The first-order chi connectivity index (χ1) is 16.8. The quantitative estimate of drug-likeness (QED) is 0.604. The van der Waals surface area contributed by atoms with Crippen molar-refractivity contribution in [3.8, 4) is 11.5 Å². The summed E-state index contributed by atoms with van der Waals surface area (Å²) in [6.45, 7) is 1.76. The second-order valence-electron chi connectivity index (χ2n) is 10.9. The summed E-state index contributed by atoms with van der Waals surface area (Å²) in [5, 5.41) is 6.18. The lowest BCUT2D eigenvalue weighted by atomic mass is 9.49. The zero-order valence-electron chi connectivity index (χ0n) is 21.0. The molecule has 4 bridgehead atoms. The second kappa shape index (κ2) is 9.21. The first kappa shape index (κ1) is 23.7. The van der Waals surface area contributed by atoms with Crippen molar-refractivity contribution in [2.24, 2.45) is 30.2 Å². The summed E-state index contributed by atoms with van der Waals surface area (Å²) in [4.78, 5) is 31.3. The molecular formula is C27H36N4O4. The lowest BCUT2D eigenvalue weighted by Crippen LogP contribution is -2.57. The van der Waals surface area contributed by atoms with Gasteiger partial charge in [0.2, 0.25) is 11.8 Å². The molecule has 2 amide bonds. The van der Waals surface area contributed by atoms with Crippen LogP contribution in [0.15, 0.2) is 30.6 Å². The molecule has 4 fully saturated rings. The number of nitrogens with one attached hydrogen (secondary N) is 2. The Morgan fingerprint density at radius 2 is 1.57 bits per heavy atom. The van der Waals surface area contributed by atoms with Crippen LogP contribution in [-0.2, 0) is 16.6 Å². The molecule has 4 aliphatic rings. The third-order valence-electron chi connectivity index (χ3n) is 8.37. The molecule has 0 aliphatic heterocycles. The third-order valence-corrected chi connectivity index (χ3v) is 8.37. The highest BCUT2D eigenvalue weighted by molar-refractivity contribution is 5.90. The van der Waals surface area contributed by atoms with Crippen LogP contribution in [0.4, 0.5) is 0 Å². The molecule has 0 unspecified atom stereocenters. The summed E-state index contributed by atoms with van der Waals surface area (Å²) in [7, 11) is 5.07. The Morgan fingerprint density at radius 3 is 2.06 bits per heavy atom. The van der Waals surface area contributed by atoms with Crippen molar-refractivity contribution >= 4 is 11.8 Å². The summed E-state index contributed by atoms with van der Waals surface area (Å²) in [6, 6.07) is 4.31. The molecule has 2 N–H and O–H groups in total. The van der Waals surface area contributed by atoms with Crippen LogP contribution < -0.4 is 20.1 Å². The van der Waals surface area contributed by atoms with Gasteiger partial charge in [-0.3, -0.25) is 9.59 Å². The Labute approximate surface area is 206 Å². The highest BCUT2D eigenvalue weighted by atomic mass is 16.5. The van der Waals surface area contributed by atoms with Crippen molar-refractivity contribution in [1.82, 2.24) is 20.2 Å². The minimum absolute atomic E-state index is 0.0517. The first-order valence-electron chi connectivity index (χ1n) is 12.6. The van der Waals surface area contributed by atoms with E-state index in [1.165, 1.54) is 19.3 Å². The number of amides is 2. The Morgan fingerprint density at radius 1 is 1.00 bits per heavy atom. The fourth-order valence-corrected chi connectivity index (χ4v) is 7.02. The number of aryl methyl sites for hydroxylation is 1. The van der Waals surface area contributed by atoms with Gasteiger partial charge in [-0.05, 0) is 80.9 Å². The molecular weight excluding hydrogens is 444 g/mol. The number of aromatic nitrogens is 2. The lowest BCUT2D eigenvalue weighted by molar-refractivity contribution is -0.148. The average Bonchev–Trinajstić information content (AvgIpc) is 3.26. The van der Waals surface area contributed by atoms with E-state index in [0.717, 1.165) is 24.8 Å². The molecule has 4 saturated carbocycles. The summed E-state index contributed by atoms with van der Waals surface area (Å²) in [5.74, 6) is 3.74. The van der Waals surface area contributed by atoms with Gasteiger partial charge in [-0.1, -0.05) is 0 Å². The maximum atomic E-state index is 13.5. The molecule has 8 heteroatoms. The van der Waals surface area contributed by atoms with Crippen LogP contribution in [-0.4, -0.2) is 41.6 Å². The zero-order valence-corrected chi connectivity index (χ0v) is 21.0. The van der Waals surface area contributed by atoms with E-state index < -0.39 is 12.1 Å². The van der Waals surface area contributed by atoms with Crippen molar-refractivity contribution in [3.63, 3.8) is 0 Å². The van der Waals surface area contributed by atoms with Gasteiger partial charge in [-0.25, -0.2) is 4.98 Å². The van der Waals surface area contributed by atoms with Crippen LogP contribution in [0.3, 0.4) is 0 Å². The minimum Gasteiger partial charge on any atom is -0.497 e. The monoisotopic (exact) mass is 480 g/mol. The van der Waals surface area contributed by atoms with E-state index in [9.17, 15) is 9.59 Å². The standard InChI is InChI=1S/C27H36N4O4/c1-16(29-26(33)27-13-17-7-18(14-27)9-19(8-17)15-27)25(32)30-23(24-28-5-6-31(24)2)20-10-21(34-3)12-22(11-20)35-4/h5-6,10-12,16-19,23H,7-9,13-15H2,1-4H3,(H,29,33)(H,30,32)/t16-,17?,18?,19?,23-,27?/m0/s1. The van der Waals surface area contributed by atoms with E-state index in [2.05, 4.69) is 15.6 Å². The van der Waals surface area contributed by atoms with Gasteiger partial charge in [0.15, 0.2) is 0 Å². The van der Waals surface area contributed by atoms with Gasteiger partial charge in [0.25, 0.3) is 0 Å². The van der Waals surface area contributed by atoms with Crippen molar-refractivity contribution in [2.45, 2.75) is 57.5 Å². The molecule has 8 nitrogen and oxygen atoms in total. The van der Waals surface area contributed by atoms with Gasteiger partial charge in [0.05, 0.1) is 14.2 Å². The number of ether oxygens (including phenoxy) is 2. The van der Waals surface area contributed by atoms with Crippen molar-refractivity contribution in [1.29, 1.82) is 0 Å². The number of methoxy groups -OCH3 is 2. The molecule has 35 heavy (non-hydrogen) atoms. The van der Waals surface area contributed by atoms with Crippen molar-refractivity contribution in [3.05, 3.63) is 42.0 Å². The van der Waals surface area contributed by atoms with Gasteiger partial charge in [-0.15, -0.1) is 0 Å². The van der Waals surface area contributed by atoms with E-state index in [0.29, 0.717) is 35.1 Å². The topological polar surface area (TPSA) is 94.5 Å². The van der Waals surface area contributed by atoms with E-state index in [-0.39, 0.29) is 17.2 Å². The van der Waals surface area contributed by atoms with Crippen LogP contribution >= 0.6 is 0 Å². The number of hydrogen-bond donors (Lipinski definition) is 2.